The van der Waals surface area contributed by atoms with Gasteiger partial charge in [0, 0.05) is 27.1 Å². The summed E-state index contributed by atoms with van der Waals surface area (Å²) in [7, 11) is 1.55. The van der Waals surface area contributed by atoms with Gasteiger partial charge in [0.2, 0.25) is 5.91 Å². The summed E-state index contributed by atoms with van der Waals surface area (Å²) in [5.41, 5.74) is 4.53. The Balaban J connectivity index is 1.33. The van der Waals surface area contributed by atoms with Crippen molar-refractivity contribution in [3.63, 3.8) is 0 Å². The smallest absolute Gasteiger partial charge is 0.341 e. The molecular formula is C41H39N3O6S2. The van der Waals surface area contributed by atoms with Gasteiger partial charge in [-0.15, -0.1) is 23.1 Å². The van der Waals surface area contributed by atoms with E-state index in [1.807, 2.05) is 49.6 Å². The number of methoxy groups -OCH3 is 1. The fourth-order valence-corrected chi connectivity index (χ4v) is 7.14. The average molecular weight is 734 g/mol. The molecule has 1 heterocycles. The number of carbonyl (C=O) groups excluding carboxylic acids is 4. The number of thioether (sulfide) groups is 1. The maximum atomic E-state index is 13.7. The van der Waals surface area contributed by atoms with E-state index in [2.05, 4.69) is 16.0 Å². The van der Waals surface area contributed by atoms with Crippen LogP contribution in [0.2, 0.25) is 0 Å². The van der Waals surface area contributed by atoms with Crippen LogP contribution in [0.15, 0.2) is 119 Å². The molecule has 0 saturated heterocycles. The molecule has 1 unspecified atom stereocenters. The Morgan fingerprint density at radius 2 is 1.62 bits per heavy atom. The van der Waals surface area contributed by atoms with Crippen molar-refractivity contribution in [2.24, 2.45) is 0 Å². The fourth-order valence-electron chi connectivity index (χ4n) is 5.17. The van der Waals surface area contributed by atoms with E-state index in [4.69, 9.17) is 9.47 Å². The first-order valence-corrected chi connectivity index (χ1v) is 18.4. The highest BCUT2D eigenvalue weighted by Crippen LogP contribution is 2.37. The van der Waals surface area contributed by atoms with E-state index in [-0.39, 0.29) is 18.2 Å². The number of anilines is 2. The van der Waals surface area contributed by atoms with E-state index in [1.165, 1.54) is 23.1 Å². The Kier molecular flexibility index (Phi) is 13.0. The minimum Gasteiger partial charge on any atom is -0.497 e. The molecular weight excluding hydrogens is 695 g/mol. The molecule has 266 valence electrons. The Labute approximate surface area is 311 Å². The highest BCUT2D eigenvalue weighted by Gasteiger charge is 2.26. The molecule has 0 fully saturated rings. The van der Waals surface area contributed by atoms with Crippen molar-refractivity contribution < 1.29 is 28.7 Å². The first kappa shape index (κ1) is 37.6. The lowest BCUT2D eigenvalue weighted by Crippen LogP contribution is -2.30. The summed E-state index contributed by atoms with van der Waals surface area (Å²) in [5.74, 6) is -1.14. The third kappa shape index (κ3) is 9.77. The van der Waals surface area contributed by atoms with Crippen molar-refractivity contribution in [3.8, 4) is 16.9 Å². The molecule has 5 aromatic rings. The van der Waals surface area contributed by atoms with Gasteiger partial charge in [-0.3, -0.25) is 14.4 Å². The van der Waals surface area contributed by atoms with Gasteiger partial charge in [-0.2, -0.15) is 0 Å². The van der Waals surface area contributed by atoms with Gasteiger partial charge in [0.05, 0.1) is 19.0 Å². The highest BCUT2D eigenvalue weighted by atomic mass is 32.2. The minimum atomic E-state index is -0.535. The van der Waals surface area contributed by atoms with Crippen LogP contribution in [-0.2, 0) is 14.3 Å². The molecule has 0 aliphatic heterocycles. The maximum Gasteiger partial charge on any atom is 0.341 e. The van der Waals surface area contributed by atoms with Gasteiger partial charge in [-0.25, -0.2) is 4.79 Å². The molecule has 0 radical (unpaired) electrons. The topological polar surface area (TPSA) is 123 Å². The molecule has 3 amide bonds. The summed E-state index contributed by atoms with van der Waals surface area (Å²) in [5, 5.41) is 10.4. The van der Waals surface area contributed by atoms with Crippen LogP contribution in [0.5, 0.6) is 5.75 Å². The van der Waals surface area contributed by atoms with Gasteiger partial charge in [0.1, 0.15) is 22.0 Å². The number of benzene rings is 4. The van der Waals surface area contributed by atoms with E-state index in [9.17, 15) is 19.2 Å². The monoisotopic (exact) mass is 733 g/mol. The molecule has 52 heavy (non-hydrogen) atoms. The van der Waals surface area contributed by atoms with E-state index in [0.717, 1.165) is 16.0 Å². The van der Waals surface area contributed by atoms with E-state index < -0.39 is 23.0 Å². The van der Waals surface area contributed by atoms with E-state index in [1.54, 1.807) is 92.9 Å². The van der Waals surface area contributed by atoms with Crippen LogP contribution < -0.4 is 20.7 Å². The molecule has 5 rings (SSSR count). The number of ether oxygens (including phenoxy) is 2. The lowest BCUT2D eigenvalue weighted by molar-refractivity contribution is -0.116. The number of amides is 3. The average Bonchev–Trinajstić information content (AvgIpc) is 3.57. The number of carbonyl (C=O) groups is 4. The number of rotatable bonds is 14. The van der Waals surface area contributed by atoms with Crippen molar-refractivity contribution in [1.29, 1.82) is 0 Å². The molecule has 0 saturated carbocycles. The third-order valence-corrected chi connectivity index (χ3v) is 10.1. The number of hydrogen-bond acceptors (Lipinski definition) is 8. The first-order chi connectivity index (χ1) is 25.2. The summed E-state index contributed by atoms with van der Waals surface area (Å²) < 4.78 is 10.7. The van der Waals surface area contributed by atoms with Crippen molar-refractivity contribution in [1.82, 2.24) is 5.32 Å². The van der Waals surface area contributed by atoms with Crippen LogP contribution in [0.1, 0.15) is 52.1 Å². The molecule has 0 spiro atoms. The largest absolute Gasteiger partial charge is 0.497 e. The second-order valence-corrected chi connectivity index (χ2v) is 13.7. The SMILES string of the molecule is CCOC(=O)c1c(-c2ccc(C)cc2)csc1NC(=O)C(CC)Sc1cccc(NC(=O)/C(=C/c2cccc(OC)c2)NC(=O)c2ccccc2)c1. The standard InChI is InChI=1S/C41H39N3O6S2/c1-5-35(39(47)44-40-36(41(48)50-6-2)33(25-51-40)28-20-18-26(3)19-21-28)52-32-17-11-15-30(24-32)42-38(46)34(23-27-12-10-16-31(22-27)49-4)43-37(45)29-13-8-7-9-14-29/h7-25,35H,5-6H2,1-4H3,(H,42,46)(H,43,45)(H,44,47)/b34-23-. The van der Waals surface area contributed by atoms with Crippen LogP contribution in [0, 0.1) is 6.92 Å². The van der Waals surface area contributed by atoms with E-state index in [0.29, 0.717) is 45.1 Å². The molecule has 0 aliphatic carbocycles. The van der Waals surface area contributed by atoms with Crippen LogP contribution in [0.25, 0.3) is 17.2 Å². The Morgan fingerprint density at radius 1 is 0.865 bits per heavy atom. The zero-order valence-corrected chi connectivity index (χ0v) is 30.9. The zero-order valence-electron chi connectivity index (χ0n) is 29.2. The van der Waals surface area contributed by atoms with Gasteiger partial charge in [-0.05, 0) is 79.9 Å². The molecule has 3 N–H and O–H groups in total. The molecule has 0 aliphatic rings. The number of hydrogen-bond donors (Lipinski definition) is 3. The lowest BCUT2D eigenvalue weighted by atomic mass is 10.0. The summed E-state index contributed by atoms with van der Waals surface area (Å²) in [6.45, 7) is 5.85. The van der Waals surface area contributed by atoms with Crippen LogP contribution >= 0.6 is 23.1 Å². The van der Waals surface area contributed by atoms with Crippen molar-refractivity contribution in [3.05, 3.63) is 136 Å². The van der Waals surface area contributed by atoms with E-state index >= 15 is 0 Å². The fraction of sp³-hybridized carbons (Fsp3) is 0.171. The number of aryl methyl sites for hydroxylation is 1. The van der Waals surface area contributed by atoms with Gasteiger partial charge in [-0.1, -0.05) is 73.2 Å². The Bertz CT molecular complexity index is 2080. The number of esters is 1. The predicted octanol–water partition coefficient (Wildman–Crippen LogP) is 8.83. The summed E-state index contributed by atoms with van der Waals surface area (Å²) in [6, 6.07) is 30.7. The quantitative estimate of drug-likeness (QED) is 0.0592. The molecule has 9 nitrogen and oxygen atoms in total. The summed E-state index contributed by atoms with van der Waals surface area (Å²) in [6.07, 6.45) is 2.07. The second kappa shape index (κ2) is 18.0. The van der Waals surface area contributed by atoms with Crippen LogP contribution in [-0.4, -0.2) is 42.7 Å². The predicted molar refractivity (Wildman–Crippen MR) is 209 cm³/mol. The minimum absolute atomic E-state index is 0.0318. The zero-order chi connectivity index (χ0) is 37.0. The normalized spacial score (nSPS) is 11.7. The lowest BCUT2D eigenvalue weighted by Gasteiger charge is -2.16. The summed E-state index contributed by atoms with van der Waals surface area (Å²) in [4.78, 5) is 54.2. The number of nitrogens with one attached hydrogen (secondary N) is 3. The van der Waals surface area contributed by atoms with Gasteiger partial charge < -0.3 is 25.4 Å². The van der Waals surface area contributed by atoms with Crippen molar-refractivity contribution >= 4 is 63.6 Å². The molecule has 1 aromatic heterocycles. The van der Waals surface area contributed by atoms with Crippen molar-refractivity contribution in [2.75, 3.05) is 24.4 Å². The maximum absolute atomic E-state index is 13.7. The van der Waals surface area contributed by atoms with Crippen LogP contribution in [0.3, 0.4) is 0 Å². The van der Waals surface area contributed by atoms with Gasteiger partial charge in [0.25, 0.3) is 11.8 Å². The van der Waals surface area contributed by atoms with Gasteiger partial charge >= 0.3 is 5.97 Å². The second-order valence-electron chi connectivity index (χ2n) is 11.6. The summed E-state index contributed by atoms with van der Waals surface area (Å²) >= 11 is 2.61. The number of thiophene rings is 1. The Hall–Kier alpha value is -5.65. The first-order valence-electron chi connectivity index (χ1n) is 16.7. The molecule has 1 atom stereocenters. The molecule has 11 heteroatoms. The third-order valence-electron chi connectivity index (χ3n) is 7.84. The van der Waals surface area contributed by atoms with Gasteiger partial charge in [0.15, 0.2) is 0 Å². The Morgan fingerprint density at radius 3 is 2.33 bits per heavy atom. The van der Waals surface area contributed by atoms with Crippen LogP contribution in [0.4, 0.5) is 10.7 Å². The molecule has 0 bridgehead atoms. The highest BCUT2D eigenvalue weighted by molar-refractivity contribution is 8.00. The molecule has 4 aromatic carbocycles. The van der Waals surface area contributed by atoms with Crippen molar-refractivity contribution in [2.45, 2.75) is 37.3 Å².